The number of halogens is 3. The van der Waals surface area contributed by atoms with Gasteiger partial charge in [0.15, 0.2) is 5.13 Å². The zero-order valence-electron chi connectivity index (χ0n) is 10.7. The molecule has 0 amide bonds. The van der Waals surface area contributed by atoms with Gasteiger partial charge in [0.1, 0.15) is 4.88 Å². The van der Waals surface area contributed by atoms with E-state index in [0.29, 0.717) is 17.9 Å². The van der Waals surface area contributed by atoms with Gasteiger partial charge in [-0.1, -0.05) is 35.6 Å². The van der Waals surface area contributed by atoms with Gasteiger partial charge in [-0.2, -0.15) is 13.2 Å². The van der Waals surface area contributed by atoms with Crippen LogP contribution >= 0.6 is 11.3 Å². The largest absolute Gasteiger partial charge is 0.427 e. The van der Waals surface area contributed by atoms with E-state index >= 15 is 0 Å². The monoisotopic (exact) mass is 309 g/mol. The van der Waals surface area contributed by atoms with Crippen LogP contribution in [0.3, 0.4) is 0 Å². The van der Waals surface area contributed by atoms with E-state index in [1.807, 2.05) is 30.3 Å². The fraction of sp³-hybridized carbons (Fsp3) is 0.143. The van der Waals surface area contributed by atoms with E-state index in [1.165, 1.54) is 0 Å². The standard InChI is InChI=1S/C14H10F3N3S/c15-14(16,17)11-8-20-13(21-11)19-7-10-4-1-3-9-5-2-6-18-12(9)10/h1-6,8H,7H2,(H,19,20). The molecule has 3 nitrogen and oxygen atoms in total. The second kappa shape index (κ2) is 5.33. The molecule has 0 saturated heterocycles. The Labute approximate surface area is 122 Å². The van der Waals surface area contributed by atoms with Gasteiger partial charge in [0.05, 0.1) is 11.7 Å². The van der Waals surface area contributed by atoms with Gasteiger partial charge in [0.2, 0.25) is 0 Å². The number of para-hydroxylation sites is 1. The minimum atomic E-state index is -4.35. The maximum absolute atomic E-state index is 12.5. The normalized spacial score (nSPS) is 11.8. The summed E-state index contributed by atoms with van der Waals surface area (Å²) in [5, 5.41) is 4.15. The third-order valence-electron chi connectivity index (χ3n) is 2.93. The molecule has 2 aromatic heterocycles. The van der Waals surface area contributed by atoms with Crippen LogP contribution in [0.5, 0.6) is 0 Å². The molecule has 0 bridgehead atoms. The van der Waals surface area contributed by atoms with Gasteiger partial charge in [-0.15, -0.1) is 0 Å². The van der Waals surface area contributed by atoms with Crippen molar-refractivity contribution in [2.45, 2.75) is 12.7 Å². The van der Waals surface area contributed by atoms with Crippen molar-refractivity contribution < 1.29 is 13.2 Å². The Kier molecular flexibility index (Phi) is 3.50. The summed E-state index contributed by atoms with van der Waals surface area (Å²) in [7, 11) is 0. The number of fused-ring (bicyclic) bond motifs is 1. The molecule has 1 aromatic carbocycles. The molecule has 1 N–H and O–H groups in total. The van der Waals surface area contributed by atoms with Crippen molar-refractivity contribution in [2.75, 3.05) is 5.32 Å². The number of nitrogens with one attached hydrogen (secondary N) is 1. The van der Waals surface area contributed by atoms with Crippen LogP contribution in [0.1, 0.15) is 10.4 Å². The third-order valence-corrected chi connectivity index (χ3v) is 3.93. The van der Waals surface area contributed by atoms with E-state index in [0.717, 1.165) is 22.7 Å². The van der Waals surface area contributed by atoms with Crippen LogP contribution in [0.4, 0.5) is 18.3 Å². The van der Waals surface area contributed by atoms with Crippen molar-refractivity contribution in [3.8, 4) is 0 Å². The lowest BCUT2D eigenvalue weighted by Crippen LogP contribution is -2.01. The van der Waals surface area contributed by atoms with Crippen molar-refractivity contribution in [1.82, 2.24) is 9.97 Å². The lowest BCUT2D eigenvalue weighted by atomic mass is 10.1. The number of alkyl halides is 3. The predicted molar refractivity (Wildman–Crippen MR) is 76.2 cm³/mol. The van der Waals surface area contributed by atoms with Gasteiger partial charge in [-0.05, 0) is 11.6 Å². The molecule has 0 atom stereocenters. The van der Waals surface area contributed by atoms with Crippen molar-refractivity contribution in [3.05, 3.63) is 53.2 Å². The maximum atomic E-state index is 12.5. The first-order valence-electron chi connectivity index (χ1n) is 6.13. The molecule has 7 heteroatoms. The zero-order chi connectivity index (χ0) is 14.9. The average molecular weight is 309 g/mol. The zero-order valence-corrected chi connectivity index (χ0v) is 11.5. The van der Waals surface area contributed by atoms with Crippen LogP contribution < -0.4 is 5.32 Å². The number of benzene rings is 1. The highest BCUT2D eigenvalue weighted by Gasteiger charge is 2.33. The quantitative estimate of drug-likeness (QED) is 0.783. The molecule has 21 heavy (non-hydrogen) atoms. The topological polar surface area (TPSA) is 37.8 Å². The molecule has 108 valence electrons. The molecule has 3 rings (SSSR count). The number of nitrogens with zero attached hydrogens (tertiary/aromatic N) is 2. The first-order valence-corrected chi connectivity index (χ1v) is 6.95. The molecule has 2 heterocycles. The SMILES string of the molecule is FC(F)(F)c1cnc(NCc2cccc3cccnc23)s1. The molecular weight excluding hydrogens is 299 g/mol. The number of hydrogen-bond donors (Lipinski definition) is 1. The number of anilines is 1. The first kappa shape index (κ1) is 13.8. The molecule has 0 aliphatic heterocycles. The van der Waals surface area contributed by atoms with Crippen molar-refractivity contribution >= 4 is 27.4 Å². The lowest BCUT2D eigenvalue weighted by molar-refractivity contribution is -0.134. The molecule has 0 spiro atoms. The fourth-order valence-electron chi connectivity index (χ4n) is 1.97. The first-order chi connectivity index (χ1) is 10.0. The second-order valence-corrected chi connectivity index (χ2v) is 5.40. The summed E-state index contributed by atoms with van der Waals surface area (Å²) < 4.78 is 37.5. The van der Waals surface area contributed by atoms with E-state index in [1.54, 1.807) is 6.20 Å². The van der Waals surface area contributed by atoms with Crippen LogP contribution in [0.15, 0.2) is 42.7 Å². The minimum Gasteiger partial charge on any atom is -0.357 e. The van der Waals surface area contributed by atoms with Crippen molar-refractivity contribution in [2.24, 2.45) is 0 Å². The second-order valence-electron chi connectivity index (χ2n) is 4.37. The third kappa shape index (κ3) is 2.97. The average Bonchev–Trinajstić information content (AvgIpc) is 2.94. The Bertz CT molecular complexity index is 762. The summed E-state index contributed by atoms with van der Waals surface area (Å²) in [5.74, 6) is 0. The summed E-state index contributed by atoms with van der Waals surface area (Å²) in [6.45, 7) is 0.374. The van der Waals surface area contributed by atoms with Gasteiger partial charge in [0, 0.05) is 18.1 Å². The number of thiazole rings is 1. The minimum absolute atomic E-state index is 0.246. The Morgan fingerprint density at radius 1 is 1.10 bits per heavy atom. The van der Waals surface area contributed by atoms with Crippen LogP contribution in [-0.4, -0.2) is 9.97 Å². The molecular formula is C14H10F3N3S. The van der Waals surface area contributed by atoms with Crippen LogP contribution in [0.25, 0.3) is 10.9 Å². The van der Waals surface area contributed by atoms with Crippen LogP contribution in [0.2, 0.25) is 0 Å². The lowest BCUT2D eigenvalue weighted by Gasteiger charge is -2.06. The van der Waals surface area contributed by atoms with Gasteiger partial charge in [-0.3, -0.25) is 4.98 Å². The number of pyridine rings is 1. The molecule has 0 aliphatic rings. The van der Waals surface area contributed by atoms with E-state index in [2.05, 4.69) is 15.3 Å². The fourth-order valence-corrected chi connectivity index (χ4v) is 2.65. The van der Waals surface area contributed by atoms with E-state index in [4.69, 9.17) is 0 Å². The van der Waals surface area contributed by atoms with Crippen LogP contribution in [0, 0.1) is 0 Å². The van der Waals surface area contributed by atoms with E-state index < -0.39 is 11.1 Å². The van der Waals surface area contributed by atoms with Crippen LogP contribution in [-0.2, 0) is 12.7 Å². The summed E-state index contributed by atoms with van der Waals surface area (Å²) in [6.07, 6.45) is -1.82. The smallest absolute Gasteiger partial charge is 0.357 e. The molecule has 0 aliphatic carbocycles. The summed E-state index contributed by atoms with van der Waals surface area (Å²) in [5.41, 5.74) is 1.75. The summed E-state index contributed by atoms with van der Waals surface area (Å²) >= 11 is 0.597. The van der Waals surface area contributed by atoms with E-state index in [-0.39, 0.29) is 5.13 Å². The van der Waals surface area contributed by atoms with Crippen molar-refractivity contribution in [3.63, 3.8) is 0 Å². The number of aromatic nitrogens is 2. The highest BCUT2D eigenvalue weighted by molar-refractivity contribution is 7.15. The van der Waals surface area contributed by atoms with Crippen molar-refractivity contribution in [1.29, 1.82) is 0 Å². The summed E-state index contributed by atoms with van der Waals surface area (Å²) in [4.78, 5) is 7.34. The molecule has 0 unspecified atom stereocenters. The van der Waals surface area contributed by atoms with Gasteiger partial charge in [-0.25, -0.2) is 4.98 Å². The molecule has 3 aromatic rings. The predicted octanol–water partition coefficient (Wildman–Crippen LogP) is 4.32. The molecule has 0 radical (unpaired) electrons. The van der Waals surface area contributed by atoms with Gasteiger partial charge >= 0.3 is 6.18 Å². The Hall–Kier alpha value is -2.15. The molecule has 0 fully saturated rings. The summed E-state index contributed by atoms with van der Waals surface area (Å²) in [6, 6.07) is 9.51. The Morgan fingerprint density at radius 2 is 1.90 bits per heavy atom. The van der Waals surface area contributed by atoms with Gasteiger partial charge < -0.3 is 5.32 Å². The highest BCUT2D eigenvalue weighted by atomic mass is 32.1. The number of rotatable bonds is 3. The van der Waals surface area contributed by atoms with Gasteiger partial charge in [0.25, 0.3) is 0 Å². The number of hydrogen-bond acceptors (Lipinski definition) is 4. The maximum Gasteiger partial charge on any atom is 0.427 e. The highest BCUT2D eigenvalue weighted by Crippen LogP contribution is 2.35. The Balaban J connectivity index is 1.79. The molecule has 0 saturated carbocycles. The Morgan fingerprint density at radius 3 is 2.67 bits per heavy atom. The van der Waals surface area contributed by atoms with E-state index in [9.17, 15) is 13.2 Å².